The smallest absolute Gasteiger partial charge is 0.241 e. The molecule has 0 amide bonds. The zero-order chi connectivity index (χ0) is 12.6. The highest BCUT2D eigenvalue weighted by atomic mass is 79.9. The average molecular weight is 319 g/mol. The second kappa shape index (κ2) is 4.59. The third kappa shape index (κ3) is 2.81. The average Bonchev–Trinajstić information content (AvgIpc) is 2.14. The predicted octanol–water partition coefficient (Wildman–Crippen LogP) is 2.11. The van der Waals surface area contributed by atoms with Gasteiger partial charge in [0.15, 0.2) is 0 Å². The Morgan fingerprint density at radius 2 is 2.06 bits per heavy atom. The van der Waals surface area contributed by atoms with Crippen molar-refractivity contribution in [2.24, 2.45) is 5.92 Å². The van der Waals surface area contributed by atoms with E-state index >= 15 is 0 Å². The summed E-state index contributed by atoms with van der Waals surface area (Å²) in [5, 5.41) is 0. The topological polar surface area (TPSA) is 72.2 Å². The maximum absolute atomic E-state index is 12.1. The van der Waals surface area contributed by atoms with E-state index in [1.54, 1.807) is 12.1 Å². The Morgan fingerprint density at radius 1 is 1.41 bits per heavy atom. The first-order valence-electron chi connectivity index (χ1n) is 5.46. The lowest BCUT2D eigenvalue weighted by atomic mass is 9.83. The van der Waals surface area contributed by atoms with E-state index in [1.165, 1.54) is 6.07 Å². The van der Waals surface area contributed by atoms with E-state index in [0.29, 0.717) is 16.1 Å². The standard InChI is InChI=1S/C11H15BrN2O2S/c1-7-4-9(5-7)14-17(15,16)11-3-2-8(13)6-10(11)12/h2-3,6-7,9,14H,4-5,13H2,1H3. The summed E-state index contributed by atoms with van der Waals surface area (Å²) in [6, 6.07) is 4.77. The molecule has 0 aromatic heterocycles. The Bertz CT molecular complexity index is 524. The lowest BCUT2D eigenvalue weighted by molar-refractivity contribution is 0.270. The number of nitrogen functional groups attached to an aromatic ring is 1. The quantitative estimate of drug-likeness (QED) is 0.838. The molecule has 1 aromatic carbocycles. The van der Waals surface area contributed by atoms with Gasteiger partial charge in [-0.1, -0.05) is 6.92 Å². The van der Waals surface area contributed by atoms with Gasteiger partial charge in [-0.2, -0.15) is 0 Å². The van der Waals surface area contributed by atoms with Crippen LogP contribution in [0.3, 0.4) is 0 Å². The highest BCUT2D eigenvalue weighted by molar-refractivity contribution is 9.10. The van der Waals surface area contributed by atoms with Crippen LogP contribution in [0.5, 0.6) is 0 Å². The molecule has 0 aliphatic heterocycles. The van der Waals surface area contributed by atoms with Crippen molar-refractivity contribution < 1.29 is 8.42 Å². The van der Waals surface area contributed by atoms with Gasteiger partial charge in [-0.05, 0) is 52.9 Å². The van der Waals surface area contributed by atoms with Crippen LogP contribution in [-0.4, -0.2) is 14.5 Å². The third-order valence-electron chi connectivity index (χ3n) is 2.94. The molecular weight excluding hydrogens is 304 g/mol. The summed E-state index contributed by atoms with van der Waals surface area (Å²) in [5.74, 6) is 0.609. The highest BCUT2D eigenvalue weighted by Crippen LogP contribution is 2.29. The van der Waals surface area contributed by atoms with Crippen LogP contribution in [0.15, 0.2) is 27.6 Å². The van der Waals surface area contributed by atoms with E-state index in [-0.39, 0.29) is 10.9 Å². The molecule has 1 aliphatic rings. The van der Waals surface area contributed by atoms with Crippen LogP contribution in [0.25, 0.3) is 0 Å². The fourth-order valence-corrected chi connectivity index (χ4v) is 4.37. The van der Waals surface area contributed by atoms with Crippen LogP contribution < -0.4 is 10.5 Å². The van der Waals surface area contributed by atoms with Gasteiger partial charge in [0, 0.05) is 16.2 Å². The van der Waals surface area contributed by atoms with Crippen LogP contribution in [0, 0.1) is 5.92 Å². The maximum atomic E-state index is 12.1. The van der Waals surface area contributed by atoms with Crippen LogP contribution in [0.2, 0.25) is 0 Å². The van der Waals surface area contributed by atoms with Crippen molar-refractivity contribution in [1.29, 1.82) is 0 Å². The number of anilines is 1. The zero-order valence-electron chi connectivity index (χ0n) is 9.48. The molecule has 17 heavy (non-hydrogen) atoms. The number of halogens is 1. The first kappa shape index (κ1) is 12.9. The van der Waals surface area contributed by atoms with Crippen molar-refractivity contribution in [3.05, 3.63) is 22.7 Å². The molecule has 4 nitrogen and oxygen atoms in total. The summed E-state index contributed by atoms with van der Waals surface area (Å²) in [6.45, 7) is 2.12. The molecule has 2 rings (SSSR count). The van der Waals surface area contributed by atoms with E-state index in [1.807, 2.05) is 0 Å². The van der Waals surface area contributed by atoms with Crippen molar-refractivity contribution in [3.63, 3.8) is 0 Å². The number of nitrogens with one attached hydrogen (secondary N) is 1. The number of rotatable bonds is 3. The summed E-state index contributed by atoms with van der Waals surface area (Å²) in [5.41, 5.74) is 6.12. The maximum Gasteiger partial charge on any atom is 0.241 e. The van der Waals surface area contributed by atoms with Crippen molar-refractivity contribution >= 4 is 31.6 Å². The van der Waals surface area contributed by atoms with Crippen molar-refractivity contribution in [2.45, 2.75) is 30.7 Å². The second-order valence-electron chi connectivity index (χ2n) is 4.58. The Balaban J connectivity index is 2.20. The predicted molar refractivity (Wildman–Crippen MR) is 71.1 cm³/mol. The first-order valence-corrected chi connectivity index (χ1v) is 7.73. The van der Waals surface area contributed by atoms with E-state index in [4.69, 9.17) is 5.73 Å². The summed E-state index contributed by atoms with van der Waals surface area (Å²) >= 11 is 3.23. The van der Waals surface area contributed by atoms with Crippen LogP contribution in [-0.2, 0) is 10.0 Å². The molecule has 0 heterocycles. The van der Waals surface area contributed by atoms with E-state index in [9.17, 15) is 8.42 Å². The molecule has 0 atom stereocenters. The van der Waals surface area contributed by atoms with Gasteiger partial charge in [-0.3, -0.25) is 0 Å². The molecule has 1 aliphatic carbocycles. The van der Waals surface area contributed by atoms with E-state index < -0.39 is 10.0 Å². The molecule has 1 saturated carbocycles. The normalized spacial score (nSPS) is 24.4. The van der Waals surface area contributed by atoms with Crippen LogP contribution in [0.4, 0.5) is 5.69 Å². The Labute approximate surface area is 110 Å². The summed E-state index contributed by atoms with van der Waals surface area (Å²) in [4.78, 5) is 0.242. The molecule has 0 spiro atoms. The van der Waals surface area contributed by atoms with Gasteiger partial charge in [0.25, 0.3) is 0 Å². The second-order valence-corrected chi connectivity index (χ2v) is 7.12. The molecule has 0 saturated heterocycles. The third-order valence-corrected chi connectivity index (χ3v) is 5.44. The van der Waals surface area contributed by atoms with E-state index in [2.05, 4.69) is 27.6 Å². The first-order chi connectivity index (χ1) is 7.88. The largest absolute Gasteiger partial charge is 0.399 e. The Morgan fingerprint density at radius 3 is 2.59 bits per heavy atom. The number of nitrogens with two attached hydrogens (primary N) is 1. The van der Waals surface area contributed by atoms with Gasteiger partial charge >= 0.3 is 0 Å². The van der Waals surface area contributed by atoms with Gasteiger partial charge in [-0.15, -0.1) is 0 Å². The molecule has 6 heteroatoms. The number of benzene rings is 1. The molecule has 3 N–H and O–H groups in total. The molecule has 94 valence electrons. The van der Waals surface area contributed by atoms with Gasteiger partial charge < -0.3 is 5.73 Å². The minimum Gasteiger partial charge on any atom is -0.399 e. The van der Waals surface area contributed by atoms with Crippen molar-refractivity contribution in [1.82, 2.24) is 4.72 Å². The van der Waals surface area contributed by atoms with Crippen molar-refractivity contribution in [2.75, 3.05) is 5.73 Å². The minimum atomic E-state index is -3.44. The minimum absolute atomic E-state index is 0.0689. The summed E-state index contributed by atoms with van der Waals surface area (Å²) in [6.07, 6.45) is 1.82. The van der Waals surface area contributed by atoms with Gasteiger partial charge in [0.2, 0.25) is 10.0 Å². The summed E-state index contributed by atoms with van der Waals surface area (Å²) in [7, 11) is -3.44. The lowest BCUT2D eigenvalue weighted by Crippen LogP contribution is -2.43. The zero-order valence-corrected chi connectivity index (χ0v) is 11.9. The monoisotopic (exact) mass is 318 g/mol. The van der Waals surface area contributed by atoms with Gasteiger partial charge in [0.05, 0.1) is 4.90 Å². The number of sulfonamides is 1. The highest BCUT2D eigenvalue weighted by Gasteiger charge is 2.30. The Hall–Kier alpha value is -0.590. The van der Waals surface area contributed by atoms with Gasteiger partial charge in [-0.25, -0.2) is 13.1 Å². The van der Waals surface area contributed by atoms with Crippen molar-refractivity contribution in [3.8, 4) is 0 Å². The molecular formula is C11H15BrN2O2S. The summed E-state index contributed by atoms with van der Waals surface area (Å²) < 4.78 is 27.4. The molecule has 0 radical (unpaired) electrons. The number of hydrogen-bond acceptors (Lipinski definition) is 3. The molecule has 1 aromatic rings. The fraction of sp³-hybridized carbons (Fsp3) is 0.455. The number of hydrogen-bond donors (Lipinski definition) is 2. The van der Waals surface area contributed by atoms with Gasteiger partial charge in [0.1, 0.15) is 0 Å². The van der Waals surface area contributed by atoms with Crippen LogP contribution in [0.1, 0.15) is 19.8 Å². The molecule has 0 bridgehead atoms. The van der Waals surface area contributed by atoms with E-state index in [0.717, 1.165) is 12.8 Å². The molecule has 0 unspecified atom stereocenters. The molecule has 1 fully saturated rings. The lowest BCUT2D eigenvalue weighted by Gasteiger charge is -2.33. The fourth-order valence-electron chi connectivity index (χ4n) is 2.02. The SMILES string of the molecule is CC1CC(NS(=O)(=O)c2ccc(N)cc2Br)C1. The van der Waals surface area contributed by atoms with Crippen LogP contribution >= 0.6 is 15.9 Å². The Kier molecular flexibility index (Phi) is 3.47.